The Kier molecular flexibility index (Phi) is 5.17. The van der Waals surface area contributed by atoms with Crippen LogP contribution in [0.25, 0.3) is 0 Å². The van der Waals surface area contributed by atoms with Crippen LogP contribution in [0.4, 0.5) is 0 Å². The summed E-state index contributed by atoms with van der Waals surface area (Å²) in [6.45, 7) is 4.13. The smallest absolute Gasteiger partial charge is 0.224 e. The van der Waals surface area contributed by atoms with Crippen LogP contribution in [0.3, 0.4) is 0 Å². The van der Waals surface area contributed by atoms with Crippen molar-refractivity contribution in [3.05, 3.63) is 17.0 Å². The first-order chi connectivity index (χ1) is 9.69. The summed E-state index contributed by atoms with van der Waals surface area (Å²) in [7, 11) is 0. The molecule has 1 heterocycles. The van der Waals surface area contributed by atoms with Gasteiger partial charge in [0.05, 0.1) is 12.1 Å². The lowest BCUT2D eigenvalue weighted by molar-refractivity contribution is -0.121. The molecule has 1 saturated carbocycles. The molecule has 0 saturated heterocycles. The minimum Gasteiger partial charge on any atom is -0.396 e. The maximum Gasteiger partial charge on any atom is 0.224 e. The zero-order chi connectivity index (χ0) is 14.5. The average Bonchev–Trinajstić information content (AvgIpc) is 3.21. The Bertz CT molecular complexity index is 430. The lowest BCUT2D eigenvalue weighted by atomic mass is 10.0. The molecule has 0 radical (unpaired) electrons. The van der Waals surface area contributed by atoms with Crippen LogP contribution < -0.4 is 5.32 Å². The van der Waals surface area contributed by atoms with Crippen LogP contribution >= 0.6 is 0 Å². The van der Waals surface area contributed by atoms with Gasteiger partial charge in [-0.15, -0.1) is 0 Å². The number of carbonyl (C=O) groups is 1. The van der Waals surface area contributed by atoms with Gasteiger partial charge in [0.15, 0.2) is 0 Å². The number of aromatic nitrogens is 1. The molecule has 1 aromatic heterocycles. The van der Waals surface area contributed by atoms with Crippen LogP contribution in [0.5, 0.6) is 0 Å². The van der Waals surface area contributed by atoms with Crippen LogP contribution in [0.1, 0.15) is 50.1 Å². The highest BCUT2D eigenvalue weighted by Gasteiger charge is 2.32. The lowest BCUT2D eigenvalue weighted by Gasteiger charge is -2.17. The predicted octanol–water partition coefficient (Wildman–Crippen LogP) is 1.62. The maximum atomic E-state index is 12.2. The molecule has 0 aliphatic heterocycles. The van der Waals surface area contributed by atoms with Gasteiger partial charge >= 0.3 is 0 Å². The number of rotatable bonds is 8. The summed E-state index contributed by atoms with van der Waals surface area (Å²) in [5.41, 5.74) is 1.81. The highest BCUT2D eigenvalue weighted by Crippen LogP contribution is 2.34. The molecule has 2 N–H and O–H groups in total. The zero-order valence-corrected chi connectivity index (χ0v) is 12.3. The Labute approximate surface area is 119 Å². The first kappa shape index (κ1) is 15.0. The molecule has 1 atom stereocenters. The molecule has 1 fully saturated rings. The van der Waals surface area contributed by atoms with Crippen LogP contribution in [0, 0.1) is 5.92 Å². The van der Waals surface area contributed by atoms with Crippen molar-refractivity contribution in [3.8, 4) is 0 Å². The van der Waals surface area contributed by atoms with E-state index in [9.17, 15) is 4.79 Å². The molecule has 2 rings (SSSR count). The second-order valence-electron chi connectivity index (χ2n) is 5.44. The van der Waals surface area contributed by atoms with Gasteiger partial charge in [-0.2, -0.15) is 0 Å². The van der Waals surface area contributed by atoms with Gasteiger partial charge in [-0.25, -0.2) is 0 Å². The molecule has 1 aliphatic carbocycles. The Morgan fingerprint density at radius 1 is 1.45 bits per heavy atom. The van der Waals surface area contributed by atoms with E-state index in [2.05, 4.69) is 10.5 Å². The third kappa shape index (κ3) is 3.60. The van der Waals surface area contributed by atoms with Gasteiger partial charge in [0.2, 0.25) is 5.91 Å². The molecule has 5 heteroatoms. The molecule has 20 heavy (non-hydrogen) atoms. The number of carbonyl (C=O) groups excluding carboxylic acids is 1. The van der Waals surface area contributed by atoms with Gasteiger partial charge in [0.25, 0.3) is 0 Å². The third-order valence-corrected chi connectivity index (χ3v) is 3.92. The van der Waals surface area contributed by atoms with Crippen molar-refractivity contribution >= 4 is 5.91 Å². The second kappa shape index (κ2) is 6.88. The van der Waals surface area contributed by atoms with Gasteiger partial charge in [-0.1, -0.05) is 19.0 Å². The van der Waals surface area contributed by atoms with Crippen molar-refractivity contribution in [1.29, 1.82) is 0 Å². The van der Waals surface area contributed by atoms with Crippen molar-refractivity contribution in [2.45, 2.75) is 58.4 Å². The van der Waals surface area contributed by atoms with E-state index in [0.29, 0.717) is 18.8 Å². The van der Waals surface area contributed by atoms with Gasteiger partial charge in [0, 0.05) is 24.6 Å². The fraction of sp³-hybridized carbons (Fsp3) is 0.733. The first-order valence-corrected chi connectivity index (χ1v) is 7.56. The summed E-state index contributed by atoms with van der Waals surface area (Å²) in [6, 6.07) is 0.113. The van der Waals surface area contributed by atoms with Crippen molar-refractivity contribution < 1.29 is 14.4 Å². The predicted molar refractivity (Wildman–Crippen MR) is 75.3 cm³/mol. The quantitative estimate of drug-likeness (QED) is 0.758. The van der Waals surface area contributed by atoms with E-state index in [1.807, 2.05) is 13.8 Å². The molecule has 0 spiro atoms. The number of amides is 1. The van der Waals surface area contributed by atoms with Crippen molar-refractivity contribution in [3.63, 3.8) is 0 Å². The summed E-state index contributed by atoms with van der Waals surface area (Å²) in [5.74, 6) is 1.36. The lowest BCUT2D eigenvalue weighted by Crippen LogP contribution is -2.38. The monoisotopic (exact) mass is 280 g/mol. The molecule has 112 valence electrons. The van der Waals surface area contributed by atoms with Gasteiger partial charge in [-0.05, 0) is 31.6 Å². The number of aryl methyl sites for hydroxylation is 2. The third-order valence-electron chi connectivity index (χ3n) is 3.92. The van der Waals surface area contributed by atoms with Gasteiger partial charge in [0.1, 0.15) is 5.76 Å². The summed E-state index contributed by atoms with van der Waals surface area (Å²) < 4.78 is 5.28. The summed E-state index contributed by atoms with van der Waals surface area (Å²) >= 11 is 0. The fourth-order valence-corrected chi connectivity index (χ4v) is 2.62. The van der Waals surface area contributed by atoms with Crippen molar-refractivity contribution in [1.82, 2.24) is 10.5 Å². The molecular formula is C15H24N2O3. The molecule has 1 aromatic rings. The van der Waals surface area contributed by atoms with E-state index in [0.717, 1.165) is 42.7 Å². The highest BCUT2D eigenvalue weighted by atomic mass is 16.5. The molecule has 0 bridgehead atoms. The van der Waals surface area contributed by atoms with Crippen LogP contribution in [0.15, 0.2) is 4.52 Å². The topological polar surface area (TPSA) is 75.4 Å². The van der Waals surface area contributed by atoms with Gasteiger partial charge < -0.3 is 14.9 Å². The Balaban J connectivity index is 1.98. The highest BCUT2D eigenvalue weighted by molar-refractivity contribution is 5.79. The minimum atomic E-state index is 0.00273. The second-order valence-corrected chi connectivity index (χ2v) is 5.44. The SMILES string of the molecule is CCc1noc(CC)c1CC(=O)NC(CCO)C1CC1. The van der Waals surface area contributed by atoms with E-state index in [1.165, 1.54) is 0 Å². The van der Waals surface area contributed by atoms with Crippen molar-refractivity contribution in [2.24, 2.45) is 5.92 Å². The number of hydrogen-bond donors (Lipinski definition) is 2. The molecule has 5 nitrogen and oxygen atoms in total. The molecule has 0 aromatic carbocycles. The number of nitrogens with one attached hydrogen (secondary N) is 1. The van der Waals surface area contributed by atoms with Crippen LogP contribution in [0.2, 0.25) is 0 Å². The Morgan fingerprint density at radius 3 is 2.75 bits per heavy atom. The Morgan fingerprint density at radius 2 is 2.20 bits per heavy atom. The first-order valence-electron chi connectivity index (χ1n) is 7.56. The number of hydrogen-bond acceptors (Lipinski definition) is 4. The number of nitrogens with zero attached hydrogens (tertiary/aromatic N) is 1. The van der Waals surface area contributed by atoms with E-state index in [-0.39, 0.29) is 18.6 Å². The zero-order valence-electron chi connectivity index (χ0n) is 12.3. The summed E-state index contributed by atoms with van der Waals surface area (Å²) in [5, 5.41) is 16.1. The Hall–Kier alpha value is -1.36. The number of aliphatic hydroxyl groups is 1. The number of aliphatic hydroxyl groups excluding tert-OH is 1. The normalized spacial score (nSPS) is 16.1. The molecule has 1 aliphatic rings. The largest absolute Gasteiger partial charge is 0.396 e. The van der Waals surface area contributed by atoms with E-state index < -0.39 is 0 Å². The molecular weight excluding hydrogens is 256 g/mol. The van der Waals surface area contributed by atoms with Crippen LogP contribution in [-0.2, 0) is 24.1 Å². The van der Waals surface area contributed by atoms with E-state index in [4.69, 9.17) is 9.63 Å². The molecule has 1 amide bonds. The minimum absolute atomic E-state index is 0.00273. The maximum absolute atomic E-state index is 12.2. The average molecular weight is 280 g/mol. The summed E-state index contributed by atoms with van der Waals surface area (Å²) in [4.78, 5) is 12.2. The van der Waals surface area contributed by atoms with E-state index in [1.54, 1.807) is 0 Å². The van der Waals surface area contributed by atoms with E-state index >= 15 is 0 Å². The summed E-state index contributed by atoms with van der Waals surface area (Å²) in [6.07, 6.45) is 4.79. The fourth-order valence-electron chi connectivity index (χ4n) is 2.62. The van der Waals surface area contributed by atoms with Crippen LogP contribution in [-0.4, -0.2) is 28.8 Å². The van der Waals surface area contributed by atoms with Gasteiger partial charge in [-0.3, -0.25) is 4.79 Å². The standard InChI is InChI=1S/C15H24N2O3/c1-3-12-11(14(4-2)20-17-12)9-15(19)16-13(7-8-18)10-5-6-10/h10,13,18H,3-9H2,1-2H3,(H,16,19). The van der Waals surface area contributed by atoms with Crippen molar-refractivity contribution in [2.75, 3.05) is 6.61 Å². The molecule has 1 unspecified atom stereocenters.